The van der Waals surface area contributed by atoms with Gasteiger partial charge in [-0.05, 0) is 0 Å². The Morgan fingerprint density at radius 1 is 1.53 bits per heavy atom. The van der Waals surface area contributed by atoms with E-state index in [1.165, 1.54) is 6.16 Å². The monoisotopic (exact) mass is 458 g/mol. The van der Waals surface area contributed by atoms with E-state index in [1.807, 2.05) is 20.8 Å². The van der Waals surface area contributed by atoms with Crippen LogP contribution in [0.2, 0.25) is 0 Å². The first-order valence-electron chi connectivity index (χ1n) is 4.75. The molecule has 0 saturated carbocycles. The van der Waals surface area contributed by atoms with E-state index >= 15 is 0 Å². The second kappa shape index (κ2) is 8.28. The number of halogens is 2. The molecular weight excluding hydrogens is 439 g/mol. The van der Waals surface area contributed by atoms with Crippen LogP contribution >= 0.6 is 25.2 Å². The van der Waals surface area contributed by atoms with Gasteiger partial charge in [0, 0.05) is 0 Å². The Morgan fingerprint density at radius 2 is 2.13 bits per heavy atom. The number of alkyl halides is 1. The van der Waals surface area contributed by atoms with E-state index < -0.39 is 5.60 Å². The van der Waals surface area contributed by atoms with Crippen molar-refractivity contribution in [2.45, 2.75) is 32.8 Å². The van der Waals surface area contributed by atoms with E-state index in [-0.39, 0.29) is 9.30 Å². The fourth-order valence-electron chi connectivity index (χ4n) is 0.788. The number of nitrogens with one attached hydrogen (secondary N) is 1. The number of carbonyl (C=O) groups is 1. The van der Waals surface area contributed by atoms with E-state index in [0.717, 1.165) is 13.0 Å². The number of amides is 1. The van der Waals surface area contributed by atoms with Gasteiger partial charge in [0.1, 0.15) is 0 Å². The fraction of sp³-hybridized carbons (Fsp3) is 0.889. The van der Waals surface area contributed by atoms with Crippen molar-refractivity contribution in [2.75, 3.05) is 17.6 Å². The number of carbonyl (C=O) groups excluding carboxylic acids is 1. The van der Waals surface area contributed by atoms with E-state index in [1.54, 1.807) is 0 Å². The summed E-state index contributed by atoms with van der Waals surface area (Å²) < 4.78 is 5.38. The van der Waals surface area contributed by atoms with Gasteiger partial charge >= 0.3 is 117 Å². The van der Waals surface area contributed by atoms with Crippen molar-refractivity contribution in [3.63, 3.8) is 0 Å². The predicted octanol–water partition coefficient (Wildman–Crippen LogP) is 0.367. The molecule has 3 nitrogen and oxygen atoms in total. The summed E-state index contributed by atoms with van der Waals surface area (Å²) in [6, 6.07) is 0. The topological polar surface area (TPSA) is 38.3 Å². The number of rotatable bonds is 5. The third kappa shape index (κ3) is 11.4. The zero-order valence-corrected chi connectivity index (χ0v) is 14.9. The number of hydrogen-bond acceptors (Lipinski definition) is 2. The van der Waals surface area contributed by atoms with Crippen LogP contribution in [0.5, 0.6) is 0 Å². The Balaban J connectivity index is 3.48. The van der Waals surface area contributed by atoms with Crippen LogP contribution in [0.1, 0.15) is 27.2 Å². The molecule has 0 aromatic rings. The van der Waals surface area contributed by atoms with Crippen LogP contribution in [0.3, 0.4) is 0 Å². The first-order chi connectivity index (χ1) is 6.85. The normalized spacial score (nSPS) is 13.7. The molecule has 1 atom stereocenters. The maximum absolute atomic E-state index is 11.2. The molecular formula is C9H19I2NO2P-. The van der Waals surface area contributed by atoms with Crippen molar-refractivity contribution in [3.8, 4) is 0 Å². The SMILES string of the molecule is C[I-]P(I)CCCNC(=O)OC(C)(C)C. The average Bonchev–Trinajstić information content (AvgIpc) is 2.09. The van der Waals surface area contributed by atoms with E-state index in [0.29, 0.717) is 20.7 Å². The first kappa shape index (κ1) is 16.2. The second-order valence-electron chi connectivity index (χ2n) is 3.98. The molecule has 0 saturated heterocycles. The Bertz CT molecular complexity index is 197. The third-order valence-corrected chi connectivity index (χ3v) is 15.8. The number of ether oxygens (including phenoxy) is 1. The van der Waals surface area contributed by atoms with Crippen LogP contribution in [-0.2, 0) is 4.74 Å². The van der Waals surface area contributed by atoms with Gasteiger partial charge in [-0.15, -0.1) is 0 Å². The minimum atomic E-state index is -0.394. The summed E-state index contributed by atoms with van der Waals surface area (Å²) in [6.45, 7) is 6.36. The molecule has 6 heteroatoms. The van der Waals surface area contributed by atoms with Gasteiger partial charge in [0.05, 0.1) is 0 Å². The van der Waals surface area contributed by atoms with Gasteiger partial charge in [-0.3, -0.25) is 0 Å². The van der Waals surface area contributed by atoms with Crippen molar-refractivity contribution >= 4 is 31.3 Å². The van der Waals surface area contributed by atoms with Crippen molar-refractivity contribution in [1.82, 2.24) is 5.32 Å². The molecule has 0 aliphatic rings. The Hall–Kier alpha value is 1.16. The summed E-state index contributed by atoms with van der Waals surface area (Å²) in [6.07, 6.45) is 2.03. The molecule has 0 radical (unpaired) electrons. The summed E-state index contributed by atoms with van der Waals surface area (Å²) in [5, 5.41) is 2.78. The average molecular weight is 458 g/mol. The molecule has 0 heterocycles. The predicted molar refractivity (Wildman–Crippen MR) is 70.6 cm³/mol. The number of alkyl carbamates (subject to hydrolysis) is 1. The van der Waals surface area contributed by atoms with Crippen LogP contribution in [-0.4, -0.2) is 29.3 Å². The molecule has 15 heavy (non-hydrogen) atoms. The Morgan fingerprint density at radius 3 is 2.60 bits per heavy atom. The summed E-state index contributed by atoms with van der Waals surface area (Å²) in [5.41, 5.74) is -0.394. The molecule has 1 amide bonds. The first-order valence-corrected chi connectivity index (χ1v) is 14.0. The Labute approximate surface area is 116 Å². The van der Waals surface area contributed by atoms with Crippen LogP contribution < -0.4 is 26.0 Å². The van der Waals surface area contributed by atoms with E-state index in [4.69, 9.17) is 4.74 Å². The quantitative estimate of drug-likeness (QED) is 0.280. The standard InChI is InChI=1S/C9H19I2NO2P/c1-9(2,3)14-8(13)12-6-5-7-15(10)11-4/h5-7H2,1-4H3,(H,12,13)/q-1. The second-order valence-corrected chi connectivity index (χ2v) is 20.8. The molecule has 0 bridgehead atoms. The van der Waals surface area contributed by atoms with Gasteiger partial charge in [-0.25, -0.2) is 0 Å². The summed E-state index contributed by atoms with van der Waals surface area (Å²) in [7, 11) is 0. The molecule has 0 aromatic carbocycles. The minimum absolute atomic E-state index is 0.252. The number of hydrogen-bond donors (Lipinski definition) is 1. The van der Waals surface area contributed by atoms with Gasteiger partial charge in [-0.2, -0.15) is 0 Å². The van der Waals surface area contributed by atoms with Crippen LogP contribution in [0, 0.1) is 0 Å². The van der Waals surface area contributed by atoms with Crippen molar-refractivity contribution < 1.29 is 30.2 Å². The molecule has 0 rings (SSSR count). The Kier molecular flexibility index (Phi) is 8.92. The molecule has 1 N–H and O–H groups in total. The van der Waals surface area contributed by atoms with E-state index in [9.17, 15) is 4.79 Å². The third-order valence-electron chi connectivity index (χ3n) is 1.36. The van der Waals surface area contributed by atoms with Crippen LogP contribution in [0.25, 0.3) is 0 Å². The molecule has 0 aromatic heterocycles. The summed E-state index contributed by atoms with van der Waals surface area (Å²) in [5.74, 6) is 0. The molecule has 1 unspecified atom stereocenters. The van der Waals surface area contributed by atoms with Gasteiger partial charge in [-0.1, -0.05) is 0 Å². The molecule has 92 valence electrons. The zero-order chi connectivity index (χ0) is 11.9. The van der Waals surface area contributed by atoms with Crippen LogP contribution in [0.4, 0.5) is 4.79 Å². The van der Waals surface area contributed by atoms with Crippen molar-refractivity contribution in [1.29, 1.82) is 0 Å². The molecule has 0 spiro atoms. The summed E-state index contributed by atoms with van der Waals surface area (Å²) >= 11 is 2.95. The van der Waals surface area contributed by atoms with Gasteiger partial charge in [0.25, 0.3) is 0 Å². The van der Waals surface area contributed by atoms with Crippen LogP contribution in [0.15, 0.2) is 0 Å². The van der Waals surface area contributed by atoms with E-state index in [2.05, 4.69) is 32.3 Å². The van der Waals surface area contributed by atoms with Gasteiger partial charge in [0.15, 0.2) is 0 Å². The maximum atomic E-state index is 11.2. The summed E-state index contributed by atoms with van der Waals surface area (Å²) in [4.78, 5) is 13.6. The van der Waals surface area contributed by atoms with Crippen molar-refractivity contribution in [2.24, 2.45) is 0 Å². The van der Waals surface area contributed by atoms with Gasteiger partial charge < -0.3 is 0 Å². The van der Waals surface area contributed by atoms with Crippen molar-refractivity contribution in [3.05, 3.63) is 0 Å². The zero-order valence-electron chi connectivity index (χ0n) is 9.64. The molecule has 0 fully saturated rings. The molecule has 0 aliphatic carbocycles. The van der Waals surface area contributed by atoms with Gasteiger partial charge in [0.2, 0.25) is 0 Å². The fourth-order valence-corrected chi connectivity index (χ4v) is 4.85. The molecule has 0 aliphatic heterocycles.